The Balaban J connectivity index is 1.37. The Morgan fingerprint density at radius 3 is 2.47 bits per heavy atom. The van der Waals surface area contributed by atoms with E-state index in [-0.39, 0.29) is 12.6 Å². The minimum atomic E-state index is -0.274. The highest BCUT2D eigenvalue weighted by atomic mass is 35.5. The largest absolute Gasteiger partial charge is 0.471 e. The minimum Gasteiger partial charge on any atom is -0.471 e. The van der Waals surface area contributed by atoms with Crippen molar-refractivity contribution in [1.29, 1.82) is 0 Å². The molecule has 0 atom stereocenters. The second kappa shape index (κ2) is 8.84. The van der Waals surface area contributed by atoms with Crippen LogP contribution in [-0.2, 0) is 6.73 Å². The Hall–Kier alpha value is -3.57. The van der Waals surface area contributed by atoms with Crippen LogP contribution < -0.4 is 10.1 Å². The highest BCUT2D eigenvalue weighted by Gasteiger charge is 2.11. The molecule has 1 aromatic heterocycles. The predicted molar refractivity (Wildman–Crippen MR) is 119 cm³/mol. The third-order valence-electron chi connectivity index (χ3n) is 4.61. The lowest BCUT2D eigenvalue weighted by molar-refractivity contribution is 0.102. The van der Waals surface area contributed by atoms with Crippen LogP contribution in [0.5, 0.6) is 5.75 Å². The van der Waals surface area contributed by atoms with E-state index >= 15 is 0 Å². The molecule has 0 bridgehead atoms. The molecule has 0 saturated carbocycles. The van der Waals surface area contributed by atoms with E-state index in [4.69, 9.17) is 16.3 Å². The van der Waals surface area contributed by atoms with Gasteiger partial charge in [-0.05, 0) is 60.0 Å². The number of aromatic nitrogens is 2. The number of nitrogens with zero attached hydrogens (tertiary/aromatic N) is 2. The molecule has 0 spiro atoms. The summed E-state index contributed by atoms with van der Waals surface area (Å²) in [7, 11) is 0. The molecule has 1 amide bonds. The minimum absolute atomic E-state index is 0.196. The molecule has 0 unspecified atom stereocenters. The lowest BCUT2D eigenvalue weighted by atomic mass is 10.1. The van der Waals surface area contributed by atoms with Gasteiger partial charge in [-0.3, -0.25) is 4.79 Å². The highest BCUT2D eigenvalue weighted by molar-refractivity contribution is 6.30. The number of rotatable bonds is 6. The van der Waals surface area contributed by atoms with Gasteiger partial charge in [-0.15, -0.1) is 0 Å². The summed E-state index contributed by atoms with van der Waals surface area (Å²) >= 11 is 5.96. The van der Waals surface area contributed by atoms with E-state index in [0.717, 1.165) is 22.4 Å². The summed E-state index contributed by atoms with van der Waals surface area (Å²) in [6, 6.07) is 24.9. The fraction of sp³-hybridized carbons (Fsp3) is 0.0833. The van der Waals surface area contributed by atoms with E-state index in [0.29, 0.717) is 16.4 Å². The number of aryl methyl sites for hydroxylation is 1. The molecule has 0 saturated heterocycles. The number of hydrogen-bond donors (Lipinski definition) is 1. The van der Waals surface area contributed by atoms with Gasteiger partial charge in [-0.25, -0.2) is 4.68 Å². The van der Waals surface area contributed by atoms with Crippen LogP contribution in [0.15, 0.2) is 85.1 Å². The summed E-state index contributed by atoms with van der Waals surface area (Å²) in [6.07, 6.45) is 1.71. The second-order valence-corrected chi connectivity index (χ2v) is 7.26. The number of hydrogen-bond acceptors (Lipinski definition) is 3. The first-order valence-corrected chi connectivity index (χ1v) is 9.85. The van der Waals surface area contributed by atoms with Crippen molar-refractivity contribution < 1.29 is 9.53 Å². The highest BCUT2D eigenvalue weighted by Crippen LogP contribution is 2.23. The summed E-state index contributed by atoms with van der Waals surface area (Å²) in [6.45, 7) is 2.12. The second-order valence-electron chi connectivity index (χ2n) is 6.82. The van der Waals surface area contributed by atoms with E-state index < -0.39 is 0 Å². The Morgan fingerprint density at radius 2 is 1.73 bits per heavy atom. The first-order chi connectivity index (χ1) is 14.6. The summed E-state index contributed by atoms with van der Waals surface area (Å²) in [5.74, 6) is 0.447. The van der Waals surface area contributed by atoms with Crippen molar-refractivity contribution in [2.24, 2.45) is 0 Å². The van der Waals surface area contributed by atoms with Crippen molar-refractivity contribution in [3.05, 3.63) is 101 Å². The molecule has 0 aliphatic carbocycles. The maximum absolute atomic E-state index is 12.5. The van der Waals surface area contributed by atoms with Gasteiger partial charge in [0.25, 0.3) is 5.91 Å². The lowest BCUT2D eigenvalue weighted by Crippen LogP contribution is -2.14. The number of carbonyl (C=O) groups is 1. The van der Waals surface area contributed by atoms with Gasteiger partial charge in [0.2, 0.25) is 0 Å². The summed E-state index contributed by atoms with van der Waals surface area (Å²) in [5, 5.41) is 7.82. The molecule has 5 nitrogen and oxygen atoms in total. The molecule has 4 aromatic rings. The Kier molecular flexibility index (Phi) is 5.82. The quantitative estimate of drug-likeness (QED) is 0.431. The summed E-state index contributed by atoms with van der Waals surface area (Å²) < 4.78 is 7.33. The van der Waals surface area contributed by atoms with E-state index in [2.05, 4.69) is 10.4 Å². The maximum atomic E-state index is 12.5. The number of ether oxygens (including phenoxy) is 1. The van der Waals surface area contributed by atoms with Gasteiger partial charge in [0, 0.05) is 16.9 Å². The van der Waals surface area contributed by atoms with E-state index in [9.17, 15) is 4.79 Å². The average Bonchev–Trinajstić information content (AvgIpc) is 3.24. The van der Waals surface area contributed by atoms with Gasteiger partial charge in [-0.1, -0.05) is 54.1 Å². The van der Waals surface area contributed by atoms with Crippen molar-refractivity contribution in [2.45, 2.75) is 13.7 Å². The Labute approximate surface area is 179 Å². The van der Waals surface area contributed by atoms with Crippen LogP contribution in [0.1, 0.15) is 16.1 Å². The molecule has 4 rings (SSSR count). The molecule has 150 valence electrons. The first kappa shape index (κ1) is 19.7. The zero-order valence-electron chi connectivity index (χ0n) is 16.4. The van der Waals surface area contributed by atoms with Gasteiger partial charge < -0.3 is 10.1 Å². The van der Waals surface area contributed by atoms with E-state index in [1.807, 2.05) is 73.7 Å². The van der Waals surface area contributed by atoms with Crippen LogP contribution in [0.4, 0.5) is 5.69 Å². The number of amides is 1. The number of carbonyl (C=O) groups excluding carboxylic acids is 1. The molecule has 0 aliphatic rings. The molecule has 0 radical (unpaired) electrons. The van der Waals surface area contributed by atoms with Gasteiger partial charge in [0.05, 0.1) is 0 Å². The van der Waals surface area contributed by atoms with Crippen LogP contribution in [0.25, 0.3) is 11.1 Å². The lowest BCUT2D eigenvalue weighted by Gasteiger charge is -2.09. The molecule has 1 heterocycles. The summed E-state index contributed by atoms with van der Waals surface area (Å²) in [5.41, 5.74) is 4.19. The SMILES string of the molecule is Cc1cc(Cl)ccc1OCn1ccc(C(=O)Nc2ccc(-c3ccccc3)cc2)n1. The van der Waals surface area contributed by atoms with E-state index in [1.165, 1.54) is 0 Å². The van der Waals surface area contributed by atoms with Crippen LogP contribution >= 0.6 is 11.6 Å². The fourth-order valence-electron chi connectivity index (χ4n) is 3.04. The van der Waals surface area contributed by atoms with Crippen LogP contribution in [0.3, 0.4) is 0 Å². The number of anilines is 1. The zero-order valence-corrected chi connectivity index (χ0v) is 17.1. The van der Waals surface area contributed by atoms with Crippen LogP contribution in [0.2, 0.25) is 5.02 Å². The first-order valence-electron chi connectivity index (χ1n) is 9.48. The molecule has 3 aromatic carbocycles. The van der Waals surface area contributed by atoms with Crippen LogP contribution in [-0.4, -0.2) is 15.7 Å². The third-order valence-corrected chi connectivity index (χ3v) is 4.85. The normalized spacial score (nSPS) is 10.6. The number of benzene rings is 3. The smallest absolute Gasteiger partial charge is 0.276 e. The number of nitrogens with one attached hydrogen (secondary N) is 1. The maximum Gasteiger partial charge on any atom is 0.276 e. The molecular weight excluding hydrogens is 398 g/mol. The monoisotopic (exact) mass is 417 g/mol. The van der Waals surface area contributed by atoms with Crippen LogP contribution in [0, 0.1) is 6.92 Å². The summed E-state index contributed by atoms with van der Waals surface area (Å²) in [4.78, 5) is 12.5. The fourth-order valence-corrected chi connectivity index (χ4v) is 3.26. The van der Waals surface area contributed by atoms with Crippen molar-refractivity contribution in [1.82, 2.24) is 9.78 Å². The Morgan fingerprint density at radius 1 is 1.00 bits per heavy atom. The molecular formula is C24H20ClN3O2. The topological polar surface area (TPSA) is 56.1 Å². The van der Waals surface area contributed by atoms with Crippen molar-refractivity contribution in [3.63, 3.8) is 0 Å². The molecule has 0 fully saturated rings. The predicted octanol–water partition coefficient (Wildman–Crippen LogP) is 5.80. The van der Waals surface area contributed by atoms with Gasteiger partial charge in [-0.2, -0.15) is 5.10 Å². The van der Waals surface area contributed by atoms with Gasteiger partial charge in [0.1, 0.15) is 5.75 Å². The van der Waals surface area contributed by atoms with Gasteiger partial charge >= 0.3 is 0 Å². The Bertz CT molecular complexity index is 1150. The molecule has 30 heavy (non-hydrogen) atoms. The molecule has 1 N–H and O–H groups in total. The van der Waals surface area contributed by atoms with Crippen molar-refractivity contribution in [2.75, 3.05) is 5.32 Å². The average molecular weight is 418 g/mol. The van der Waals surface area contributed by atoms with Crippen molar-refractivity contribution >= 4 is 23.2 Å². The van der Waals surface area contributed by atoms with Gasteiger partial charge in [0.15, 0.2) is 12.4 Å². The van der Waals surface area contributed by atoms with E-state index in [1.54, 1.807) is 23.0 Å². The zero-order chi connectivity index (χ0) is 20.9. The van der Waals surface area contributed by atoms with Crippen molar-refractivity contribution in [3.8, 4) is 16.9 Å². The third kappa shape index (κ3) is 4.70. The standard InChI is InChI=1S/C24H20ClN3O2/c1-17-15-20(25)9-12-23(17)30-16-28-14-13-22(27-28)24(29)26-21-10-7-19(8-11-21)18-5-3-2-4-6-18/h2-15H,16H2,1H3,(H,26,29). The molecule has 0 aliphatic heterocycles. The number of halogens is 1. The molecule has 6 heteroatoms.